The second kappa shape index (κ2) is 4.49. The van der Waals surface area contributed by atoms with Crippen molar-refractivity contribution in [3.63, 3.8) is 0 Å². The van der Waals surface area contributed by atoms with Crippen LogP contribution in [0.15, 0.2) is 11.8 Å². The van der Waals surface area contributed by atoms with Crippen LogP contribution in [0.1, 0.15) is 13.8 Å². The van der Waals surface area contributed by atoms with Gasteiger partial charge in [-0.2, -0.15) is 0 Å². The number of amides is 1. The number of carbonyl (C=O) groups is 2. The Kier molecular flexibility index (Phi) is 3.95. The van der Waals surface area contributed by atoms with Crippen molar-refractivity contribution in [3.05, 3.63) is 11.8 Å². The third kappa shape index (κ3) is 3.40. The minimum Gasteiger partial charge on any atom is -0.464 e. The summed E-state index contributed by atoms with van der Waals surface area (Å²) in [5.74, 6) is -0.828. The molecule has 0 aromatic heterocycles. The summed E-state index contributed by atoms with van der Waals surface area (Å²) in [5.41, 5.74) is 0.167. The summed E-state index contributed by atoms with van der Waals surface area (Å²) in [6, 6.07) is 0. The Hall–Kier alpha value is -1.32. The van der Waals surface area contributed by atoms with Gasteiger partial charge in [0.15, 0.2) is 0 Å². The van der Waals surface area contributed by atoms with Gasteiger partial charge in [0.2, 0.25) is 5.91 Å². The first-order valence-corrected chi connectivity index (χ1v) is 3.14. The number of rotatable bonds is 2. The summed E-state index contributed by atoms with van der Waals surface area (Å²) in [5, 5.41) is 2.33. The summed E-state index contributed by atoms with van der Waals surface area (Å²) >= 11 is 0. The molecular weight excluding hydrogens is 146 g/mol. The van der Waals surface area contributed by atoms with Gasteiger partial charge in [-0.1, -0.05) is 6.08 Å². The second-order valence-electron chi connectivity index (χ2n) is 1.88. The zero-order valence-electron chi connectivity index (χ0n) is 6.80. The van der Waals surface area contributed by atoms with Crippen molar-refractivity contribution >= 4 is 11.9 Å². The van der Waals surface area contributed by atoms with Crippen molar-refractivity contribution in [3.8, 4) is 0 Å². The van der Waals surface area contributed by atoms with Crippen LogP contribution in [0.5, 0.6) is 0 Å². The number of ether oxygens (including phenoxy) is 1. The van der Waals surface area contributed by atoms with Gasteiger partial charge in [-0.25, -0.2) is 4.79 Å². The van der Waals surface area contributed by atoms with Crippen LogP contribution in [-0.2, 0) is 14.3 Å². The average Bonchev–Trinajstić information content (AvgIpc) is 1.98. The normalized spacial score (nSPS) is 10.6. The Bertz CT molecular complexity index is 196. The van der Waals surface area contributed by atoms with Crippen LogP contribution in [0.3, 0.4) is 0 Å². The van der Waals surface area contributed by atoms with Crippen molar-refractivity contribution in [2.75, 3.05) is 7.11 Å². The van der Waals surface area contributed by atoms with Gasteiger partial charge in [0.05, 0.1) is 7.11 Å². The highest BCUT2D eigenvalue weighted by atomic mass is 16.5. The molecule has 0 heterocycles. The van der Waals surface area contributed by atoms with Gasteiger partial charge in [0.1, 0.15) is 5.70 Å². The van der Waals surface area contributed by atoms with E-state index >= 15 is 0 Å². The highest BCUT2D eigenvalue weighted by Gasteiger charge is 2.08. The molecule has 0 aromatic rings. The van der Waals surface area contributed by atoms with E-state index < -0.39 is 5.97 Å². The molecule has 11 heavy (non-hydrogen) atoms. The maximum absolute atomic E-state index is 10.8. The number of allylic oxidation sites excluding steroid dienone is 1. The Morgan fingerprint density at radius 1 is 1.45 bits per heavy atom. The molecule has 0 unspecified atom stereocenters. The first-order chi connectivity index (χ1) is 5.11. The van der Waals surface area contributed by atoms with Gasteiger partial charge in [0, 0.05) is 6.92 Å². The molecule has 1 N–H and O–H groups in total. The fourth-order valence-corrected chi connectivity index (χ4v) is 0.541. The fraction of sp³-hybridized carbons (Fsp3) is 0.429. The predicted octanol–water partition coefficient (Wildman–Crippen LogP) is 0.199. The molecule has 0 saturated carbocycles. The summed E-state index contributed by atoms with van der Waals surface area (Å²) in [6.45, 7) is 2.97. The summed E-state index contributed by atoms with van der Waals surface area (Å²) in [4.78, 5) is 21.2. The van der Waals surface area contributed by atoms with Crippen LogP contribution in [0.25, 0.3) is 0 Å². The molecule has 0 aliphatic rings. The van der Waals surface area contributed by atoms with E-state index in [9.17, 15) is 9.59 Å². The molecule has 0 atom stereocenters. The number of hydrogen-bond acceptors (Lipinski definition) is 3. The van der Waals surface area contributed by atoms with Gasteiger partial charge in [-0.3, -0.25) is 4.79 Å². The second-order valence-corrected chi connectivity index (χ2v) is 1.88. The van der Waals surface area contributed by atoms with E-state index in [1.165, 1.54) is 20.1 Å². The minimum atomic E-state index is -0.539. The summed E-state index contributed by atoms with van der Waals surface area (Å²) in [6.07, 6.45) is 1.48. The fourth-order valence-electron chi connectivity index (χ4n) is 0.541. The zero-order chi connectivity index (χ0) is 8.85. The first-order valence-electron chi connectivity index (χ1n) is 3.14. The molecule has 0 aliphatic heterocycles. The SMILES string of the molecule is C/C=C(/NC(C)=O)C(=O)OC. The summed E-state index contributed by atoms with van der Waals surface area (Å²) in [7, 11) is 1.26. The molecule has 1 amide bonds. The van der Waals surface area contributed by atoms with Gasteiger partial charge in [-0.15, -0.1) is 0 Å². The van der Waals surface area contributed by atoms with E-state index in [1.54, 1.807) is 6.92 Å². The van der Waals surface area contributed by atoms with E-state index in [2.05, 4.69) is 10.1 Å². The molecule has 0 aromatic carbocycles. The molecule has 0 saturated heterocycles. The lowest BCUT2D eigenvalue weighted by Gasteiger charge is -2.03. The lowest BCUT2D eigenvalue weighted by molar-refractivity contribution is -0.137. The third-order valence-electron chi connectivity index (χ3n) is 1.00. The van der Waals surface area contributed by atoms with Gasteiger partial charge in [-0.05, 0) is 6.92 Å². The van der Waals surface area contributed by atoms with Crippen LogP contribution in [0.4, 0.5) is 0 Å². The van der Waals surface area contributed by atoms with Gasteiger partial charge < -0.3 is 10.1 Å². The molecule has 0 radical (unpaired) electrons. The number of nitrogens with one attached hydrogen (secondary N) is 1. The molecule has 0 rings (SSSR count). The molecule has 0 bridgehead atoms. The van der Waals surface area contributed by atoms with Crippen LogP contribution in [0.2, 0.25) is 0 Å². The molecule has 4 heteroatoms. The standard InChI is InChI=1S/C7H11NO3/c1-4-6(7(10)11-3)8-5(2)9/h4H,1-3H3,(H,8,9)/b6-4+. The smallest absolute Gasteiger partial charge is 0.354 e. The highest BCUT2D eigenvalue weighted by molar-refractivity contribution is 5.92. The quantitative estimate of drug-likeness (QED) is 0.460. The van der Waals surface area contributed by atoms with E-state index in [-0.39, 0.29) is 11.6 Å². The van der Waals surface area contributed by atoms with Gasteiger partial charge in [0.25, 0.3) is 0 Å². The Morgan fingerprint density at radius 2 is 2.00 bits per heavy atom. The van der Waals surface area contributed by atoms with Crippen molar-refractivity contribution in [2.24, 2.45) is 0 Å². The van der Waals surface area contributed by atoms with Gasteiger partial charge >= 0.3 is 5.97 Å². The Morgan fingerprint density at radius 3 is 2.27 bits per heavy atom. The molecule has 0 aliphatic carbocycles. The third-order valence-corrected chi connectivity index (χ3v) is 1.00. The average molecular weight is 157 g/mol. The van der Waals surface area contributed by atoms with Crippen molar-refractivity contribution in [1.82, 2.24) is 5.32 Å². The number of methoxy groups -OCH3 is 1. The van der Waals surface area contributed by atoms with Crippen LogP contribution >= 0.6 is 0 Å². The zero-order valence-corrected chi connectivity index (χ0v) is 6.80. The Labute approximate surface area is 65.2 Å². The van der Waals surface area contributed by atoms with Crippen molar-refractivity contribution in [1.29, 1.82) is 0 Å². The van der Waals surface area contributed by atoms with E-state index in [4.69, 9.17) is 0 Å². The molecule has 0 fully saturated rings. The largest absolute Gasteiger partial charge is 0.464 e. The molecule has 62 valence electrons. The van der Waals surface area contributed by atoms with Crippen LogP contribution in [-0.4, -0.2) is 19.0 Å². The number of esters is 1. The Balaban J connectivity index is 4.20. The minimum absolute atomic E-state index is 0.167. The van der Waals surface area contributed by atoms with Crippen LogP contribution in [0, 0.1) is 0 Å². The lowest BCUT2D eigenvalue weighted by atomic mass is 10.4. The predicted molar refractivity (Wildman–Crippen MR) is 39.6 cm³/mol. The molecular formula is C7H11NO3. The lowest BCUT2D eigenvalue weighted by Crippen LogP contribution is -2.25. The number of hydrogen-bond donors (Lipinski definition) is 1. The molecule has 0 spiro atoms. The van der Waals surface area contributed by atoms with E-state index in [1.807, 2.05) is 0 Å². The summed E-state index contributed by atoms with van der Waals surface area (Å²) < 4.78 is 4.38. The van der Waals surface area contributed by atoms with Crippen molar-refractivity contribution < 1.29 is 14.3 Å². The monoisotopic (exact) mass is 157 g/mol. The maximum atomic E-state index is 10.8. The van der Waals surface area contributed by atoms with E-state index in [0.717, 1.165) is 0 Å². The van der Waals surface area contributed by atoms with Crippen LogP contribution < -0.4 is 5.32 Å². The van der Waals surface area contributed by atoms with E-state index in [0.29, 0.717) is 0 Å². The molecule has 4 nitrogen and oxygen atoms in total. The topological polar surface area (TPSA) is 55.4 Å². The number of carbonyl (C=O) groups excluding carboxylic acids is 2. The highest BCUT2D eigenvalue weighted by Crippen LogP contribution is 1.91. The van der Waals surface area contributed by atoms with Crippen molar-refractivity contribution in [2.45, 2.75) is 13.8 Å². The first kappa shape index (κ1) is 9.68. The maximum Gasteiger partial charge on any atom is 0.354 e.